The van der Waals surface area contributed by atoms with Crippen LogP contribution in [0.2, 0.25) is 0 Å². The van der Waals surface area contributed by atoms with Crippen LogP contribution in [-0.2, 0) is 4.57 Å². The molecule has 0 spiro atoms. The molecule has 0 amide bonds. The minimum atomic E-state index is -3.80. The molecule has 0 aliphatic carbocycles. The Morgan fingerprint density at radius 2 is 1.80 bits per heavy atom. The van der Waals surface area contributed by atoms with Crippen LogP contribution in [0.4, 0.5) is 0 Å². The summed E-state index contributed by atoms with van der Waals surface area (Å²) >= 11 is 0. The molecule has 0 fully saturated rings. The van der Waals surface area contributed by atoms with E-state index in [1.165, 1.54) is 0 Å². The molecule has 0 radical (unpaired) electrons. The molecular weight excluding hydrogens is 151 g/mol. The average Bonchev–Trinajstić information content (AvgIpc) is 1.60. The Kier molecular flexibility index (Phi) is 3.08. The topological polar surface area (TPSA) is 57.5 Å². The highest BCUT2D eigenvalue weighted by molar-refractivity contribution is 7.51. The zero-order valence-electron chi connectivity index (χ0n) is 6.66. The summed E-state index contributed by atoms with van der Waals surface area (Å²) in [6.45, 7) is 5.63. The van der Waals surface area contributed by atoms with Crippen molar-refractivity contribution >= 4 is 7.60 Å². The Balaban J connectivity index is 4.02. The Bertz CT molecular complexity index is 147. The summed E-state index contributed by atoms with van der Waals surface area (Å²) < 4.78 is 10.5. The fraction of sp³-hybridized carbons (Fsp3) is 1.00. The van der Waals surface area contributed by atoms with Crippen LogP contribution in [-0.4, -0.2) is 15.9 Å². The van der Waals surface area contributed by atoms with Crippen LogP contribution >= 0.6 is 7.60 Å². The second-order valence-electron chi connectivity index (χ2n) is 3.34. The third-order valence-electron chi connectivity index (χ3n) is 1.59. The van der Waals surface area contributed by atoms with E-state index in [-0.39, 0.29) is 11.6 Å². The van der Waals surface area contributed by atoms with Gasteiger partial charge in [0.1, 0.15) is 0 Å². The highest BCUT2D eigenvalue weighted by atomic mass is 31.2. The summed E-state index contributed by atoms with van der Waals surface area (Å²) in [7, 11) is -3.80. The number of rotatable bonds is 3. The van der Waals surface area contributed by atoms with Gasteiger partial charge in [-0.1, -0.05) is 27.2 Å². The van der Waals surface area contributed by atoms with Gasteiger partial charge in [-0.2, -0.15) is 0 Å². The molecule has 2 N–H and O–H groups in total. The van der Waals surface area contributed by atoms with E-state index in [1.807, 2.05) is 20.8 Å². The van der Waals surface area contributed by atoms with Gasteiger partial charge in [-0.3, -0.25) is 4.57 Å². The molecule has 0 rings (SSSR count). The summed E-state index contributed by atoms with van der Waals surface area (Å²) in [5, 5.41) is 0. The molecule has 0 saturated carbocycles. The standard InChI is InChI=1S/C6H15O3P/c1-4-6(2,3)5-10(7,8)9/h4-5H2,1-3H3,(H2,7,8,9). The van der Waals surface area contributed by atoms with Crippen molar-refractivity contribution in [2.75, 3.05) is 6.16 Å². The molecule has 10 heavy (non-hydrogen) atoms. The summed E-state index contributed by atoms with van der Waals surface area (Å²) in [5.74, 6) is 0. The van der Waals surface area contributed by atoms with E-state index in [0.717, 1.165) is 6.42 Å². The fourth-order valence-electron chi connectivity index (χ4n) is 0.669. The van der Waals surface area contributed by atoms with Gasteiger partial charge in [0.2, 0.25) is 0 Å². The molecule has 0 saturated heterocycles. The van der Waals surface area contributed by atoms with Gasteiger partial charge in [0.05, 0.1) is 6.16 Å². The van der Waals surface area contributed by atoms with Gasteiger partial charge in [-0.15, -0.1) is 0 Å². The molecule has 4 heteroatoms. The lowest BCUT2D eigenvalue weighted by atomic mass is 9.93. The molecule has 3 nitrogen and oxygen atoms in total. The lowest BCUT2D eigenvalue weighted by Gasteiger charge is -2.22. The molecule has 0 atom stereocenters. The second kappa shape index (κ2) is 3.04. The average molecular weight is 166 g/mol. The maximum Gasteiger partial charge on any atom is 0.326 e. The van der Waals surface area contributed by atoms with Crippen molar-refractivity contribution in [2.45, 2.75) is 27.2 Å². The minimum absolute atomic E-state index is 0.0174. The Hall–Kier alpha value is 0.150. The van der Waals surface area contributed by atoms with E-state index in [4.69, 9.17) is 9.79 Å². The number of hydrogen-bond donors (Lipinski definition) is 2. The first-order valence-electron chi connectivity index (χ1n) is 3.31. The van der Waals surface area contributed by atoms with Crippen molar-refractivity contribution in [1.82, 2.24) is 0 Å². The molecular formula is C6H15O3P. The maximum absolute atomic E-state index is 10.5. The van der Waals surface area contributed by atoms with Gasteiger partial charge in [-0.25, -0.2) is 0 Å². The molecule has 0 aliphatic rings. The smallest absolute Gasteiger partial charge is 0.324 e. The van der Waals surface area contributed by atoms with E-state index in [1.54, 1.807) is 0 Å². The molecule has 0 heterocycles. The van der Waals surface area contributed by atoms with Crippen molar-refractivity contribution in [3.05, 3.63) is 0 Å². The molecule has 0 unspecified atom stereocenters. The molecule has 62 valence electrons. The SMILES string of the molecule is CCC(C)(C)CP(=O)(O)O. The molecule has 0 aromatic carbocycles. The normalized spacial score (nSPS) is 13.7. The monoisotopic (exact) mass is 166 g/mol. The summed E-state index contributed by atoms with van der Waals surface area (Å²) in [5.41, 5.74) is -0.237. The summed E-state index contributed by atoms with van der Waals surface area (Å²) in [6, 6.07) is 0. The van der Waals surface area contributed by atoms with E-state index in [0.29, 0.717) is 0 Å². The molecule has 0 aromatic rings. The van der Waals surface area contributed by atoms with Crippen LogP contribution in [0.25, 0.3) is 0 Å². The van der Waals surface area contributed by atoms with Crippen LogP contribution in [0, 0.1) is 5.41 Å². The Labute approximate surface area is 61.6 Å². The second-order valence-corrected chi connectivity index (χ2v) is 4.99. The molecule has 0 aliphatic heterocycles. The summed E-state index contributed by atoms with van der Waals surface area (Å²) in [6.07, 6.45) is 0.772. The van der Waals surface area contributed by atoms with Gasteiger partial charge in [0.15, 0.2) is 0 Å². The Morgan fingerprint density at radius 3 is 1.90 bits per heavy atom. The van der Waals surface area contributed by atoms with Crippen molar-refractivity contribution in [3.63, 3.8) is 0 Å². The van der Waals surface area contributed by atoms with E-state index < -0.39 is 7.60 Å². The zero-order valence-corrected chi connectivity index (χ0v) is 7.56. The van der Waals surface area contributed by atoms with Gasteiger partial charge in [0, 0.05) is 0 Å². The first-order chi connectivity index (χ1) is 4.27. The largest absolute Gasteiger partial charge is 0.326 e. The van der Waals surface area contributed by atoms with Crippen molar-refractivity contribution in [3.8, 4) is 0 Å². The van der Waals surface area contributed by atoms with Crippen LogP contribution in [0.1, 0.15) is 27.2 Å². The van der Waals surface area contributed by atoms with Gasteiger partial charge < -0.3 is 9.79 Å². The van der Waals surface area contributed by atoms with Crippen LogP contribution in [0.3, 0.4) is 0 Å². The molecule has 0 bridgehead atoms. The lowest BCUT2D eigenvalue weighted by Crippen LogP contribution is -2.15. The van der Waals surface area contributed by atoms with Crippen LogP contribution in [0.5, 0.6) is 0 Å². The first-order valence-corrected chi connectivity index (χ1v) is 5.11. The zero-order chi connectivity index (χ0) is 8.41. The third kappa shape index (κ3) is 4.98. The van der Waals surface area contributed by atoms with Crippen LogP contribution in [0.15, 0.2) is 0 Å². The maximum atomic E-state index is 10.5. The van der Waals surface area contributed by atoms with Crippen molar-refractivity contribution < 1.29 is 14.4 Å². The number of hydrogen-bond acceptors (Lipinski definition) is 1. The fourth-order valence-corrected chi connectivity index (χ4v) is 2.01. The molecule has 0 aromatic heterocycles. The quantitative estimate of drug-likeness (QED) is 0.626. The van der Waals surface area contributed by atoms with Crippen molar-refractivity contribution in [2.24, 2.45) is 5.41 Å². The third-order valence-corrected chi connectivity index (χ3v) is 2.86. The minimum Gasteiger partial charge on any atom is -0.324 e. The summed E-state index contributed by atoms with van der Waals surface area (Å²) in [4.78, 5) is 17.2. The van der Waals surface area contributed by atoms with Crippen molar-refractivity contribution in [1.29, 1.82) is 0 Å². The predicted octanol–water partition coefficient (Wildman–Crippen LogP) is 1.60. The van der Waals surface area contributed by atoms with Gasteiger partial charge in [0.25, 0.3) is 0 Å². The predicted molar refractivity (Wildman–Crippen MR) is 41.0 cm³/mol. The van der Waals surface area contributed by atoms with E-state index >= 15 is 0 Å². The highest BCUT2D eigenvalue weighted by Crippen LogP contribution is 2.42. The van der Waals surface area contributed by atoms with E-state index in [2.05, 4.69) is 0 Å². The first kappa shape index (κ1) is 10.2. The van der Waals surface area contributed by atoms with E-state index in [9.17, 15) is 4.57 Å². The Morgan fingerprint density at radius 1 is 1.40 bits per heavy atom. The van der Waals surface area contributed by atoms with Gasteiger partial charge >= 0.3 is 7.60 Å². The van der Waals surface area contributed by atoms with Gasteiger partial charge in [-0.05, 0) is 5.41 Å². The highest BCUT2D eigenvalue weighted by Gasteiger charge is 2.26. The van der Waals surface area contributed by atoms with Crippen LogP contribution < -0.4 is 0 Å². The lowest BCUT2D eigenvalue weighted by molar-refractivity contribution is 0.324.